The van der Waals surface area contributed by atoms with Crippen molar-refractivity contribution in [2.45, 2.75) is 44.6 Å². The van der Waals surface area contributed by atoms with Gasteiger partial charge in [0.05, 0.1) is 0 Å². The smallest absolute Gasteiger partial charge is 0.191 e. The summed E-state index contributed by atoms with van der Waals surface area (Å²) >= 11 is 0. The van der Waals surface area contributed by atoms with Crippen molar-refractivity contribution in [2.75, 3.05) is 13.6 Å². The molecule has 0 aromatic carbocycles. The third-order valence-electron chi connectivity index (χ3n) is 4.68. The van der Waals surface area contributed by atoms with Gasteiger partial charge in [-0.2, -0.15) is 0 Å². The molecule has 2 atom stereocenters. The van der Waals surface area contributed by atoms with E-state index in [4.69, 9.17) is 5.73 Å². The summed E-state index contributed by atoms with van der Waals surface area (Å²) in [6.45, 7) is 0.976. The molecule has 0 radical (unpaired) electrons. The largest absolute Gasteiger partial charge is 0.370 e. The highest BCUT2D eigenvalue weighted by atomic mass is 127. The molecule has 3 nitrogen and oxygen atoms in total. The summed E-state index contributed by atoms with van der Waals surface area (Å²) in [7, 11) is 2.08. The van der Waals surface area contributed by atoms with E-state index in [0.717, 1.165) is 30.3 Å². The van der Waals surface area contributed by atoms with Gasteiger partial charge in [-0.1, -0.05) is 19.3 Å². The fourth-order valence-corrected chi connectivity index (χ4v) is 2.90. The van der Waals surface area contributed by atoms with E-state index in [1.54, 1.807) is 0 Å². The molecule has 4 heteroatoms. The molecule has 3 aliphatic rings. The summed E-state index contributed by atoms with van der Waals surface area (Å²) in [5.41, 5.74) is 5.98. The SMILES string of the molecule is CN(C(N)=NC[C@@H]1C[C@H]1C1CCC1)C1CC1.I. The zero-order chi connectivity index (χ0) is 11.1. The fourth-order valence-electron chi connectivity index (χ4n) is 2.90. The minimum Gasteiger partial charge on any atom is -0.370 e. The summed E-state index contributed by atoms with van der Waals surface area (Å²) in [6.07, 6.45) is 8.41. The van der Waals surface area contributed by atoms with Gasteiger partial charge in [0.15, 0.2) is 5.96 Å². The molecule has 2 N–H and O–H groups in total. The highest BCUT2D eigenvalue weighted by Crippen LogP contribution is 2.51. The van der Waals surface area contributed by atoms with Crippen molar-refractivity contribution in [2.24, 2.45) is 28.5 Å². The van der Waals surface area contributed by atoms with E-state index in [0.29, 0.717) is 6.04 Å². The Morgan fingerprint density at radius 2 is 2.00 bits per heavy atom. The van der Waals surface area contributed by atoms with Gasteiger partial charge in [-0.3, -0.25) is 4.99 Å². The van der Waals surface area contributed by atoms with Crippen LogP contribution in [0.25, 0.3) is 0 Å². The van der Waals surface area contributed by atoms with Gasteiger partial charge >= 0.3 is 0 Å². The lowest BCUT2D eigenvalue weighted by Crippen LogP contribution is -2.35. The molecule has 0 spiro atoms. The van der Waals surface area contributed by atoms with E-state index >= 15 is 0 Å². The van der Waals surface area contributed by atoms with Crippen LogP contribution in [0.15, 0.2) is 4.99 Å². The molecule has 0 aromatic heterocycles. The van der Waals surface area contributed by atoms with Crippen molar-refractivity contribution >= 4 is 29.9 Å². The first-order valence-electron chi connectivity index (χ1n) is 6.78. The normalized spacial score (nSPS) is 32.6. The lowest BCUT2D eigenvalue weighted by molar-refractivity contribution is 0.266. The molecule has 3 aliphatic carbocycles. The van der Waals surface area contributed by atoms with E-state index in [9.17, 15) is 0 Å². The van der Waals surface area contributed by atoms with Crippen LogP contribution in [-0.4, -0.2) is 30.5 Å². The third-order valence-corrected chi connectivity index (χ3v) is 4.68. The molecule has 3 fully saturated rings. The summed E-state index contributed by atoms with van der Waals surface area (Å²) in [5.74, 6) is 3.66. The van der Waals surface area contributed by atoms with Crippen LogP contribution in [0.3, 0.4) is 0 Å². The first-order valence-corrected chi connectivity index (χ1v) is 6.78. The number of hydrogen-bond acceptors (Lipinski definition) is 1. The van der Waals surface area contributed by atoms with Crippen molar-refractivity contribution in [1.82, 2.24) is 4.90 Å². The Hall–Kier alpha value is 0. The van der Waals surface area contributed by atoms with Gasteiger partial charge < -0.3 is 10.6 Å². The number of aliphatic imine (C=N–C) groups is 1. The molecule has 0 saturated heterocycles. The summed E-state index contributed by atoms with van der Waals surface area (Å²) in [4.78, 5) is 6.71. The maximum atomic E-state index is 5.98. The Bertz CT molecular complexity index is 297. The molecule has 0 bridgehead atoms. The fraction of sp³-hybridized carbons (Fsp3) is 0.923. The highest BCUT2D eigenvalue weighted by Gasteiger charge is 2.44. The monoisotopic (exact) mass is 349 g/mol. The Balaban J connectivity index is 0.00000108. The average molecular weight is 349 g/mol. The van der Waals surface area contributed by atoms with E-state index < -0.39 is 0 Å². The zero-order valence-electron chi connectivity index (χ0n) is 10.6. The maximum absolute atomic E-state index is 5.98. The van der Waals surface area contributed by atoms with Crippen LogP contribution in [-0.2, 0) is 0 Å². The highest BCUT2D eigenvalue weighted by molar-refractivity contribution is 14.0. The summed E-state index contributed by atoms with van der Waals surface area (Å²) in [5, 5.41) is 0. The molecule has 0 aromatic rings. The molecular weight excluding hydrogens is 325 g/mol. The van der Waals surface area contributed by atoms with Gasteiger partial charge in [-0.15, -0.1) is 24.0 Å². The Morgan fingerprint density at radius 1 is 1.29 bits per heavy atom. The number of halogens is 1. The number of nitrogens with zero attached hydrogens (tertiary/aromatic N) is 2. The third kappa shape index (κ3) is 3.06. The van der Waals surface area contributed by atoms with Gasteiger partial charge in [0.2, 0.25) is 0 Å². The Kier molecular flexibility index (Phi) is 4.21. The molecule has 0 amide bonds. The van der Waals surface area contributed by atoms with Crippen LogP contribution in [0.1, 0.15) is 38.5 Å². The second-order valence-corrected chi connectivity index (χ2v) is 5.89. The van der Waals surface area contributed by atoms with Crippen molar-refractivity contribution < 1.29 is 0 Å². The van der Waals surface area contributed by atoms with Crippen LogP contribution in [0.2, 0.25) is 0 Å². The minimum absolute atomic E-state index is 0. The molecule has 3 saturated carbocycles. The van der Waals surface area contributed by atoms with Gasteiger partial charge in [0.1, 0.15) is 0 Å². The van der Waals surface area contributed by atoms with E-state index in [1.165, 1.54) is 38.5 Å². The number of rotatable bonds is 4. The molecule has 0 aliphatic heterocycles. The van der Waals surface area contributed by atoms with Gasteiger partial charge in [-0.05, 0) is 37.0 Å². The number of nitrogens with two attached hydrogens (primary N) is 1. The maximum Gasteiger partial charge on any atom is 0.191 e. The number of hydrogen-bond donors (Lipinski definition) is 1. The van der Waals surface area contributed by atoms with Crippen molar-refractivity contribution in [1.29, 1.82) is 0 Å². The van der Waals surface area contributed by atoms with Crippen LogP contribution in [0.4, 0.5) is 0 Å². The van der Waals surface area contributed by atoms with Crippen LogP contribution in [0, 0.1) is 17.8 Å². The lowest BCUT2D eigenvalue weighted by atomic mass is 9.81. The second kappa shape index (κ2) is 5.33. The molecular formula is C13H24IN3. The predicted molar refractivity (Wildman–Crippen MR) is 81.6 cm³/mol. The van der Waals surface area contributed by atoms with Crippen molar-refractivity contribution in [3.63, 3.8) is 0 Å². The predicted octanol–water partition coefficient (Wildman–Crippen LogP) is 2.45. The first-order chi connectivity index (χ1) is 7.75. The van der Waals surface area contributed by atoms with Gasteiger partial charge in [0, 0.05) is 19.6 Å². The van der Waals surface area contributed by atoms with E-state index in [2.05, 4.69) is 16.9 Å². The quantitative estimate of drug-likeness (QED) is 0.481. The summed E-state index contributed by atoms with van der Waals surface area (Å²) < 4.78 is 0. The van der Waals surface area contributed by atoms with Gasteiger partial charge in [0.25, 0.3) is 0 Å². The number of guanidine groups is 1. The van der Waals surface area contributed by atoms with Crippen LogP contribution >= 0.6 is 24.0 Å². The molecule has 0 unspecified atom stereocenters. The summed E-state index contributed by atoms with van der Waals surface area (Å²) in [6, 6.07) is 0.686. The first kappa shape index (κ1) is 13.4. The average Bonchev–Trinajstić information content (AvgIpc) is 3.05. The molecule has 0 heterocycles. The lowest BCUT2D eigenvalue weighted by Gasteiger charge is -2.25. The Morgan fingerprint density at radius 3 is 2.53 bits per heavy atom. The van der Waals surface area contributed by atoms with Crippen LogP contribution in [0.5, 0.6) is 0 Å². The molecule has 3 rings (SSSR count). The zero-order valence-corrected chi connectivity index (χ0v) is 13.0. The molecule has 98 valence electrons. The second-order valence-electron chi connectivity index (χ2n) is 5.89. The standard InChI is InChI=1S/C13H23N3.HI/c1-16(11-5-6-11)13(14)15-8-10-7-12(10)9-3-2-4-9;/h9-12H,2-8H2,1H3,(H2,14,15);1H/t10-,12-;/m0./s1. The molecule has 17 heavy (non-hydrogen) atoms. The van der Waals surface area contributed by atoms with Crippen LogP contribution < -0.4 is 5.73 Å². The minimum atomic E-state index is 0. The van der Waals surface area contributed by atoms with Crippen molar-refractivity contribution in [3.05, 3.63) is 0 Å². The van der Waals surface area contributed by atoms with Crippen molar-refractivity contribution in [3.8, 4) is 0 Å². The Labute approximate surface area is 121 Å². The topological polar surface area (TPSA) is 41.6 Å². The van der Waals surface area contributed by atoms with E-state index in [1.807, 2.05) is 0 Å². The van der Waals surface area contributed by atoms with E-state index in [-0.39, 0.29) is 24.0 Å². The van der Waals surface area contributed by atoms with Gasteiger partial charge in [-0.25, -0.2) is 0 Å².